The molecule has 4 aromatic rings. The molecule has 8 heteroatoms. The number of rotatable bonds is 9. The zero-order valence-electron chi connectivity index (χ0n) is 21.3. The number of ether oxygens (including phenoxy) is 1. The third-order valence-corrected chi connectivity index (χ3v) is 6.54. The van der Waals surface area contributed by atoms with E-state index in [4.69, 9.17) is 15.5 Å². The van der Waals surface area contributed by atoms with Gasteiger partial charge in [-0.25, -0.2) is 4.98 Å². The SMILES string of the molecule is C=CC(=O)Nc1cccc(-c2cnc3c(c2)c(-c2cccc(C#N)c2)cn3COC(=O)[C@@H](N)[C@@H](C)CC)c1. The Hall–Kier alpha value is -4.74. The van der Waals surface area contributed by atoms with Crippen molar-refractivity contribution < 1.29 is 14.3 Å². The van der Waals surface area contributed by atoms with Gasteiger partial charge in [-0.3, -0.25) is 14.2 Å². The van der Waals surface area contributed by atoms with Crippen molar-refractivity contribution in [2.45, 2.75) is 33.0 Å². The fourth-order valence-corrected chi connectivity index (χ4v) is 4.10. The number of nitrogens with zero attached hydrogens (tertiary/aromatic N) is 3. The Labute approximate surface area is 221 Å². The van der Waals surface area contributed by atoms with Gasteiger partial charge < -0.3 is 15.8 Å². The van der Waals surface area contributed by atoms with Crippen molar-refractivity contribution in [3.63, 3.8) is 0 Å². The van der Waals surface area contributed by atoms with Crippen LogP contribution in [0, 0.1) is 17.2 Å². The first kappa shape index (κ1) is 26.3. The molecule has 0 aliphatic heterocycles. The summed E-state index contributed by atoms with van der Waals surface area (Å²) in [6.45, 7) is 7.33. The topological polar surface area (TPSA) is 123 Å². The Morgan fingerprint density at radius 2 is 1.95 bits per heavy atom. The maximum Gasteiger partial charge on any atom is 0.324 e. The number of nitrogens with one attached hydrogen (secondary N) is 1. The molecule has 0 unspecified atom stereocenters. The molecule has 0 aliphatic rings. The monoisotopic (exact) mass is 507 g/mol. The number of amides is 1. The number of aromatic nitrogens is 2. The summed E-state index contributed by atoms with van der Waals surface area (Å²) in [5.41, 5.74) is 11.2. The smallest absolute Gasteiger partial charge is 0.324 e. The fourth-order valence-electron chi connectivity index (χ4n) is 4.10. The Morgan fingerprint density at radius 1 is 1.18 bits per heavy atom. The molecule has 0 saturated heterocycles. The average molecular weight is 508 g/mol. The standard InChI is InChI=1S/C30H29N5O3/c1-4-19(3)28(32)30(37)38-18-35-17-26(22-10-6-8-20(12-22)15-31)25-14-23(16-33-29(25)35)21-9-7-11-24(13-21)34-27(36)5-2/h5-14,16-17,19,28H,2,4,18,32H2,1,3H3,(H,34,36)/t19-,28-/m0/s1. The van der Waals surface area contributed by atoms with E-state index in [-0.39, 0.29) is 18.6 Å². The van der Waals surface area contributed by atoms with Crippen molar-refractivity contribution in [2.75, 3.05) is 5.32 Å². The van der Waals surface area contributed by atoms with Crippen LogP contribution in [0.3, 0.4) is 0 Å². The molecule has 0 spiro atoms. The van der Waals surface area contributed by atoms with Gasteiger partial charge in [0.25, 0.3) is 0 Å². The number of benzene rings is 2. The molecule has 3 N–H and O–H groups in total. The minimum atomic E-state index is -0.706. The number of fused-ring (bicyclic) bond motifs is 1. The van der Waals surface area contributed by atoms with Gasteiger partial charge >= 0.3 is 5.97 Å². The summed E-state index contributed by atoms with van der Waals surface area (Å²) >= 11 is 0. The van der Waals surface area contributed by atoms with E-state index >= 15 is 0 Å². The van der Waals surface area contributed by atoms with Gasteiger partial charge in [-0.05, 0) is 53.5 Å². The molecule has 0 fully saturated rings. The number of nitriles is 1. The Bertz CT molecular complexity index is 1550. The van der Waals surface area contributed by atoms with Gasteiger partial charge in [-0.1, -0.05) is 51.1 Å². The summed E-state index contributed by atoms with van der Waals surface area (Å²) in [6, 6.07) is 18.2. The minimum Gasteiger partial charge on any atom is -0.443 e. The number of hydrogen-bond acceptors (Lipinski definition) is 6. The van der Waals surface area contributed by atoms with E-state index in [0.717, 1.165) is 34.1 Å². The van der Waals surface area contributed by atoms with Crippen LogP contribution in [-0.4, -0.2) is 27.5 Å². The highest BCUT2D eigenvalue weighted by Gasteiger charge is 2.22. The molecule has 192 valence electrons. The van der Waals surface area contributed by atoms with E-state index in [1.807, 2.05) is 62.5 Å². The van der Waals surface area contributed by atoms with Crippen molar-refractivity contribution in [2.24, 2.45) is 11.7 Å². The molecule has 38 heavy (non-hydrogen) atoms. The van der Waals surface area contributed by atoms with Crippen LogP contribution in [-0.2, 0) is 21.1 Å². The van der Waals surface area contributed by atoms with Crippen LogP contribution in [0.1, 0.15) is 25.8 Å². The van der Waals surface area contributed by atoms with E-state index in [1.54, 1.807) is 22.9 Å². The number of carbonyl (C=O) groups excluding carboxylic acids is 2. The number of hydrogen-bond donors (Lipinski definition) is 2. The minimum absolute atomic E-state index is 0.000832. The molecule has 0 aliphatic carbocycles. The number of nitrogens with two attached hydrogens (primary N) is 1. The molecule has 0 bridgehead atoms. The quantitative estimate of drug-likeness (QED) is 0.236. The van der Waals surface area contributed by atoms with E-state index in [1.165, 1.54) is 6.08 Å². The first-order valence-electron chi connectivity index (χ1n) is 12.3. The molecular weight excluding hydrogens is 478 g/mol. The molecule has 0 saturated carbocycles. The Balaban J connectivity index is 1.76. The number of esters is 1. The zero-order chi connectivity index (χ0) is 27.2. The molecule has 4 rings (SSSR count). The van der Waals surface area contributed by atoms with E-state index in [2.05, 4.69) is 18.0 Å². The molecule has 2 atom stereocenters. The number of anilines is 1. The lowest BCUT2D eigenvalue weighted by molar-refractivity contribution is -0.150. The highest BCUT2D eigenvalue weighted by molar-refractivity contribution is 6.00. The van der Waals surface area contributed by atoms with Crippen molar-refractivity contribution in [1.29, 1.82) is 5.26 Å². The van der Waals surface area contributed by atoms with Crippen molar-refractivity contribution in [1.82, 2.24) is 9.55 Å². The lowest BCUT2D eigenvalue weighted by Crippen LogP contribution is -2.38. The van der Waals surface area contributed by atoms with Gasteiger partial charge in [0.1, 0.15) is 11.7 Å². The largest absolute Gasteiger partial charge is 0.443 e. The van der Waals surface area contributed by atoms with Crippen LogP contribution >= 0.6 is 0 Å². The second-order valence-corrected chi connectivity index (χ2v) is 9.08. The predicted molar refractivity (Wildman–Crippen MR) is 148 cm³/mol. The highest BCUT2D eigenvalue weighted by atomic mass is 16.5. The average Bonchev–Trinajstić information content (AvgIpc) is 3.32. The van der Waals surface area contributed by atoms with Crippen LogP contribution in [0.5, 0.6) is 0 Å². The molecule has 0 radical (unpaired) electrons. The lowest BCUT2D eigenvalue weighted by Gasteiger charge is -2.17. The summed E-state index contributed by atoms with van der Waals surface area (Å²) in [7, 11) is 0. The van der Waals surface area contributed by atoms with Crippen molar-refractivity contribution >= 4 is 28.6 Å². The van der Waals surface area contributed by atoms with Crippen LogP contribution in [0.15, 0.2) is 79.6 Å². The maximum atomic E-state index is 12.5. The molecule has 2 heterocycles. The lowest BCUT2D eigenvalue weighted by atomic mass is 10.0. The van der Waals surface area contributed by atoms with Gasteiger partial charge in [0, 0.05) is 34.6 Å². The summed E-state index contributed by atoms with van der Waals surface area (Å²) in [6.07, 6.45) is 5.58. The van der Waals surface area contributed by atoms with Crippen molar-refractivity contribution in [3.8, 4) is 28.3 Å². The Kier molecular flexibility index (Phi) is 8.00. The second kappa shape index (κ2) is 11.5. The van der Waals surface area contributed by atoms with Crippen molar-refractivity contribution in [3.05, 3.63) is 85.2 Å². The Morgan fingerprint density at radius 3 is 2.68 bits per heavy atom. The first-order valence-corrected chi connectivity index (χ1v) is 12.3. The third-order valence-electron chi connectivity index (χ3n) is 6.54. The predicted octanol–water partition coefficient (Wildman–Crippen LogP) is 5.24. The molecular formula is C30H29N5O3. The highest BCUT2D eigenvalue weighted by Crippen LogP contribution is 2.34. The van der Waals surface area contributed by atoms with Gasteiger partial charge in [-0.2, -0.15) is 5.26 Å². The van der Waals surface area contributed by atoms with E-state index in [9.17, 15) is 14.9 Å². The summed E-state index contributed by atoms with van der Waals surface area (Å²) in [5.74, 6) is -0.764. The van der Waals surface area contributed by atoms with E-state index in [0.29, 0.717) is 16.9 Å². The molecule has 2 aromatic carbocycles. The molecule has 1 amide bonds. The maximum absolute atomic E-state index is 12.5. The van der Waals surface area contributed by atoms with E-state index < -0.39 is 12.0 Å². The summed E-state index contributed by atoms with van der Waals surface area (Å²) in [5, 5.41) is 13.0. The molecule has 8 nitrogen and oxygen atoms in total. The fraction of sp³-hybridized carbons (Fsp3) is 0.200. The first-order chi connectivity index (χ1) is 18.3. The molecule has 2 aromatic heterocycles. The normalized spacial score (nSPS) is 12.4. The summed E-state index contributed by atoms with van der Waals surface area (Å²) < 4.78 is 7.31. The zero-order valence-corrected chi connectivity index (χ0v) is 21.3. The van der Waals surface area contributed by atoms with Gasteiger partial charge in [0.05, 0.1) is 11.6 Å². The van der Waals surface area contributed by atoms with Crippen LogP contribution in [0.25, 0.3) is 33.3 Å². The van der Waals surface area contributed by atoms with Crippen LogP contribution < -0.4 is 11.1 Å². The van der Waals surface area contributed by atoms with Gasteiger partial charge in [0.2, 0.25) is 5.91 Å². The van der Waals surface area contributed by atoms with Gasteiger partial charge in [-0.15, -0.1) is 0 Å². The summed E-state index contributed by atoms with van der Waals surface area (Å²) in [4.78, 5) is 29.0. The van der Waals surface area contributed by atoms with Crippen LogP contribution in [0.4, 0.5) is 5.69 Å². The number of pyridine rings is 1. The van der Waals surface area contributed by atoms with Gasteiger partial charge in [0.15, 0.2) is 6.73 Å². The third kappa shape index (κ3) is 5.64. The second-order valence-electron chi connectivity index (χ2n) is 9.08. The van der Waals surface area contributed by atoms with Crippen LogP contribution in [0.2, 0.25) is 0 Å². The number of carbonyl (C=O) groups is 2.